The monoisotopic (exact) mass is 388 g/mol. The number of rotatable bonds is 5. The van der Waals surface area contributed by atoms with Crippen LogP contribution in [0.5, 0.6) is 0 Å². The minimum absolute atomic E-state index is 0.0268. The molecule has 1 amide bonds. The zero-order chi connectivity index (χ0) is 20.2. The van der Waals surface area contributed by atoms with Gasteiger partial charge in [-0.3, -0.25) is 0 Å². The molecule has 0 aromatic heterocycles. The number of nitrogens with two attached hydrogens (primary N) is 1. The van der Waals surface area contributed by atoms with Crippen molar-refractivity contribution in [3.8, 4) is 11.1 Å². The number of hydrogen-bond acceptors (Lipinski definition) is 3. The number of benzene rings is 3. The van der Waals surface area contributed by atoms with Gasteiger partial charge in [-0.25, -0.2) is 9.18 Å². The highest BCUT2D eigenvalue weighted by Gasteiger charge is 2.28. The largest absolute Gasteiger partial charge is 0.449 e. The smallest absolute Gasteiger partial charge is 0.407 e. The molecule has 1 aliphatic carbocycles. The Balaban J connectivity index is 1.34. The van der Waals surface area contributed by atoms with Crippen molar-refractivity contribution in [3.05, 3.63) is 95.3 Å². The number of nitrogens with one attached hydrogen (secondary N) is 1. The Kier molecular flexibility index (Phi) is 5.29. The van der Waals surface area contributed by atoms with Gasteiger partial charge in [-0.1, -0.05) is 60.7 Å². The Labute approximate surface area is 168 Å². The molecule has 0 saturated heterocycles. The molecule has 0 saturated carbocycles. The maximum Gasteiger partial charge on any atom is 0.407 e. The maximum atomic E-state index is 13.3. The SMILES string of the molecule is Nc1cc(F)cc(C=CCNC(=O)OCC2c3ccccc3-c3ccccc32)c1. The summed E-state index contributed by atoms with van der Waals surface area (Å²) < 4.78 is 18.8. The zero-order valence-corrected chi connectivity index (χ0v) is 15.8. The van der Waals surface area contributed by atoms with E-state index in [-0.39, 0.29) is 19.1 Å². The fourth-order valence-corrected chi connectivity index (χ4v) is 3.72. The molecule has 0 unspecified atom stereocenters. The predicted molar refractivity (Wildman–Crippen MR) is 113 cm³/mol. The number of hydrogen-bond donors (Lipinski definition) is 2. The summed E-state index contributed by atoms with van der Waals surface area (Å²) in [6.45, 7) is 0.539. The zero-order valence-electron chi connectivity index (χ0n) is 15.8. The van der Waals surface area contributed by atoms with Crippen molar-refractivity contribution >= 4 is 17.9 Å². The standard InChI is InChI=1S/C24H21FN2O2/c25-17-12-16(13-18(26)14-17)6-5-11-27-24(28)29-15-23-21-9-3-1-7-19(21)20-8-2-4-10-22(20)23/h1-10,12-14,23H,11,15,26H2,(H,27,28). The van der Waals surface area contributed by atoms with Gasteiger partial charge in [-0.2, -0.15) is 0 Å². The number of carbonyl (C=O) groups is 1. The molecule has 0 spiro atoms. The van der Waals surface area contributed by atoms with Gasteiger partial charge >= 0.3 is 6.09 Å². The van der Waals surface area contributed by atoms with Gasteiger partial charge < -0.3 is 15.8 Å². The van der Waals surface area contributed by atoms with Gasteiger partial charge in [0.2, 0.25) is 0 Å². The van der Waals surface area contributed by atoms with Crippen LogP contribution in [0, 0.1) is 5.82 Å². The van der Waals surface area contributed by atoms with E-state index < -0.39 is 11.9 Å². The third kappa shape index (κ3) is 4.14. The Morgan fingerprint density at radius 1 is 1.03 bits per heavy atom. The van der Waals surface area contributed by atoms with E-state index in [1.54, 1.807) is 18.2 Å². The summed E-state index contributed by atoms with van der Waals surface area (Å²) in [5.74, 6) is -0.367. The Hall–Kier alpha value is -3.60. The van der Waals surface area contributed by atoms with Crippen LogP contribution in [0.15, 0.2) is 72.8 Å². The molecule has 0 radical (unpaired) electrons. The molecule has 3 aromatic carbocycles. The van der Waals surface area contributed by atoms with Gasteiger partial charge in [0.25, 0.3) is 0 Å². The lowest BCUT2D eigenvalue weighted by molar-refractivity contribution is 0.144. The van der Waals surface area contributed by atoms with Crippen LogP contribution in [0.3, 0.4) is 0 Å². The molecular weight excluding hydrogens is 367 g/mol. The van der Waals surface area contributed by atoms with Crippen molar-refractivity contribution in [3.63, 3.8) is 0 Å². The first-order chi connectivity index (χ1) is 14.1. The highest BCUT2D eigenvalue weighted by molar-refractivity contribution is 5.79. The normalized spacial score (nSPS) is 12.6. The molecule has 3 aromatic rings. The van der Waals surface area contributed by atoms with Crippen LogP contribution in [0.4, 0.5) is 14.9 Å². The van der Waals surface area contributed by atoms with Gasteiger partial charge in [0.05, 0.1) is 0 Å². The minimum Gasteiger partial charge on any atom is -0.449 e. The van der Waals surface area contributed by atoms with E-state index in [9.17, 15) is 9.18 Å². The van der Waals surface area contributed by atoms with Crippen molar-refractivity contribution < 1.29 is 13.9 Å². The number of ether oxygens (including phenoxy) is 1. The molecule has 0 atom stereocenters. The van der Waals surface area contributed by atoms with Gasteiger partial charge in [0.15, 0.2) is 0 Å². The van der Waals surface area contributed by atoms with Crippen LogP contribution >= 0.6 is 0 Å². The van der Waals surface area contributed by atoms with Crippen molar-refractivity contribution in [1.29, 1.82) is 0 Å². The van der Waals surface area contributed by atoms with E-state index >= 15 is 0 Å². The molecule has 0 heterocycles. The molecule has 146 valence electrons. The highest BCUT2D eigenvalue weighted by atomic mass is 19.1. The molecule has 4 nitrogen and oxygen atoms in total. The van der Waals surface area contributed by atoms with Crippen LogP contribution in [0.1, 0.15) is 22.6 Å². The summed E-state index contributed by atoms with van der Waals surface area (Å²) in [6, 6.07) is 20.7. The fraction of sp³-hybridized carbons (Fsp3) is 0.125. The molecule has 0 aliphatic heterocycles. The van der Waals surface area contributed by atoms with Crippen LogP contribution in [-0.4, -0.2) is 19.2 Å². The summed E-state index contributed by atoms with van der Waals surface area (Å²) in [7, 11) is 0. The van der Waals surface area contributed by atoms with E-state index in [0.29, 0.717) is 11.3 Å². The van der Waals surface area contributed by atoms with E-state index in [1.807, 2.05) is 24.3 Å². The average Bonchev–Trinajstić information content (AvgIpc) is 3.03. The number of carbonyl (C=O) groups excluding carboxylic acids is 1. The quantitative estimate of drug-likeness (QED) is 0.607. The molecule has 0 bridgehead atoms. The minimum atomic E-state index is -0.490. The molecule has 5 heteroatoms. The third-order valence-corrected chi connectivity index (χ3v) is 4.96. The topological polar surface area (TPSA) is 64.3 Å². The van der Waals surface area contributed by atoms with E-state index in [1.165, 1.54) is 34.4 Å². The molecular formula is C24H21FN2O2. The number of nitrogen functional groups attached to an aromatic ring is 1. The van der Waals surface area contributed by atoms with Gasteiger partial charge in [-0.15, -0.1) is 0 Å². The first kappa shape index (κ1) is 18.7. The lowest BCUT2D eigenvalue weighted by Crippen LogP contribution is -2.26. The van der Waals surface area contributed by atoms with Crippen molar-refractivity contribution in [1.82, 2.24) is 5.32 Å². The van der Waals surface area contributed by atoms with Gasteiger partial charge in [0, 0.05) is 18.2 Å². The summed E-state index contributed by atoms with van der Waals surface area (Å²) in [4.78, 5) is 12.1. The number of anilines is 1. The number of alkyl carbamates (subject to hydrolysis) is 1. The van der Waals surface area contributed by atoms with Crippen molar-refractivity contribution in [2.45, 2.75) is 5.92 Å². The van der Waals surface area contributed by atoms with E-state index in [4.69, 9.17) is 10.5 Å². The van der Waals surface area contributed by atoms with Gasteiger partial charge in [-0.05, 0) is 46.0 Å². The Morgan fingerprint density at radius 2 is 1.69 bits per heavy atom. The maximum absolute atomic E-state index is 13.3. The van der Waals surface area contributed by atoms with Crippen LogP contribution in [-0.2, 0) is 4.74 Å². The van der Waals surface area contributed by atoms with Crippen molar-refractivity contribution in [2.75, 3.05) is 18.9 Å². The van der Waals surface area contributed by atoms with Crippen LogP contribution in [0.25, 0.3) is 17.2 Å². The second-order valence-corrected chi connectivity index (χ2v) is 6.93. The third-order valence-electron chi connectivity index (χ3n) is 4.96. The fourth-order valence-electron chi connectivity index (χ4n) is 3.72. The molecule has 4 rings (SSSR count). The van der Waals surface area contributed by atoms with E-state index in [2.05, 4.69) is 29.6 Å². The molecule has 0 fully saturated rings. The number of fused-ring (bicyclic) bond motifs is 3. The second kappa shape index (κ2) is 8.19. The Morgan fingerprint density at radius 3 is 2.34 bits per heavy atom. The average molecular weight is 388 g/mol. The predicted octanol–water partition coefficient (Wildman–Crippen LogP) is 4.96. The van der Waals surface area contributed by atoms with Crippen LogP contribution in [0.2, 0.25) is 0 Å². The summed E-state index contributed by atoms with van der Waals surface area (Å²) in [6.07, 6.45) is 2.93. The number of amides is 1. The lowest BCUT2D eigenvalue weighted by atomic mass is 9.98. The lowest BCUT2D eigenvalue weighted by Gasteiger charge is -2.14. The Bertz CT molecular complexity index is 1010. The molecule has 1 aliphatic rings. The van der Waals surface area contributed by atoms with E-state index in [0.717, 1.165) is 0 Å². The first-order valence-corrected chi connectivity index (χ1v) is 9.43. The summed E-state index contributed by atoms with van der Waals surface area (Å²) in [5.41, 5.74) is 11.3. The summed E-state index contributed by atoms with van der Waals surface area (Å²) in [5, 5.41) is 2.68. The van der Waals surface area contributed by atoms with Crippen molar-refractivity contribution in [2.24, 2.45) is 0 Å². The molecule has 29 heavy (non-hydrogen) atoms. The van der Waals surface area contributed by atoms with Crippen LogP contribution < -0.4 is 11.1 Å². The highest BCUT2D eigenvalue weighted by Crippen LogP contribution is 2.44. The second-order valence-electron chi connectivity index (χ2n) is 6.93. The number of halogens is 1. The van der Waals surface area contributed by atoms with Gasteiger partial charge in [0.1, 0.15) is 12.4 Å². The molecule has 3 N–H and O–H groups in total. The first-order valence-electron chi connectivity index (χ1n) is 9.43. The summed E-state index contributed by atoms with van der Waals surface area (Å²) >= 11 is 0.